The maximum atomic E-state index is 11.6. The van der Waals surface area contributed by atoms with Gasteiger partial charge in [-0.2, -0.15) is 0 Å². The summed E-state index contributed by atoms with van der Waals surface area (Å²) in [4.78, 5) is 16.0. The number of aliphatic imine (C=N–C) groups is 1. The molecule has 1 aliphatic carbocycles. The van der Waals surface area contributed by atoms with Crippen molar-refractivity contribution in [3.05, 3.63) is 0 Å². The second-order valence-corrected chi connectivity index (χ2v) is 6.16. The first-order chi connectivity index (χ1) is 9.38. The van der Waals surface area contributed by atoms with Gasteiger partial charge in [0, 0.05) is 18.9 Å². The van der Waals surface area contributed by atoms with Gasteiger partial charge in [0.2, 0.25) is 5.91 Å². The molecule has 0 aromatic heterocycles. The summed E-state index contributed by atoms with van der Waals surface area (Å²) in [6.07, 6.45) is 4.18. The maximum absolute atomic E-state index is 11.6. The number of carbonyl (C=O) groups excluding carboxylic acids is 1. The predicted octanol–water partition coefficient (Wildman–Crippen LogP) is 1.62. The lowest BCUT2D eigenvalue weighted by atomic mass is 9.82. The van der Waals surface area contributed by atoms with Gasteiger partial charge in [0.05, 0.1) is 6.04 Å². The van der Waals surface area contributed by atoms with Crippen molar-refractivity contribution in [2.24, 2.45) is 34.2 Å². The monoisotopic (exact) mass is 282 g/mol. The lowest BCUT2D eigenvalue weighted by Gasteiger charge is -2.33. The Bertz CT molecular complexity index is 348. The van der Waals surface area contributed by atoms with Crippen LogP contribution in [0.3, 0.4) is 0 Å². The predicted molar refractivity (Wildman–Crippen MR) is 83.2 cm³/mol. The fourth-order valence-corrected chi connectivity index (χ4v) is 3.64. The number of carbonyl (C=O) groups is 1. The number of nitrogens with one attached hydrogen (secondary N) is 1. The molecule has 5 heteroatoms. The number of guanidine groups is 1. The van der Waals surface area contributed by atoms with Gasteiger partial charge in [0.25, 0.3) is 0 Å². The molecular weight excluding hydrogens is 252 g/mol. The van der Waals surface area contributed by atoms with E-state index in [-0.39, 0.29) is 24.0 Å². The Balaban J connectivity index is 2.97. The summed E-state index contributed by atoms with van der Waals surface area (Å²) in [5.74, 6) is 1.59. The molecule has 0 aromatic carbocycles. The van der Waals surface area contributed by atoms with E-state index in [1.165, 1.54) is 0 Å². The average molecular weight is 282 g/mol. The SMILES string of the molecule is CCC(CC)C(NC(C)=O)[C@@H]1C[C@@H](C)C[C@H]1N=C(N)N. The van der Waals surface area contributed by atoms with Crippen LogP contribution in [-0.2, 0) is 4.79 Å². The number of nitrogens with two attached hydrogens (primary N) is 2. The highest BCUT2D eigenvalue weighted by Gasteiger charge is 2.40. The number of hydrogen-bond donors (Lipinski definition) is 3. The van der Waals surface area contributed by atoms with Gasteiger partial charge in [-0.15, -0.1) is 0 Å². The molecular formula is C15H30N4O. The van der Waals surface area contributed by atoms with Crippen LogP contribution in [0.5, 0.6) is 0 Å². The lowest BCUT2D eigenvalue weighted by molar-refractivity contribution is -0.120. The van der Waals surface area contributed by atoms with Gasteiger partial charge in [0.1, 0.15) is 0 Å². The molecule has 1 amide bonds. The normalized spacial score (nSPS) is 27.4. The summed E-state index contributed by atoms with van der Waals surface area (Å²) in [6, 6.07) is 0.299. The van der Waals surface area contributed by atoms with E-state index in [9.17, 15) is 4.79 Å². The third-order valence-electron chi connectivity index (χ3n) is 4.52. The van der Waals surface area contributed by atoms with E-state index in [2.05, 4.69) is 31.1 Å². The highest BCUT2D eigenvalue weighted by atomic mass is 16.1. The quantitative estimate of drug-likeness (QED) is 0.510. The van der Waals surface area contributed by atoms with E-state index in [1.807, 2.05) is 0 Å². The third-order valence-corrected chi connectivity index (χ3v) is 4.52. The summed E-state index contributed by atoms with van der Waals surface area (Å²) in [7, 11) is 0. The molecule has 1 aliphatic rings. The zero-order chi connectivity index (χ0) is 15.3. The number of hydrogen-bond acceptors (Lipinski definition) is 2. The summed E-state index contributed by atoms with van der Waals surface area (Å²) in [6.45, 7) is 8.17. The van der Waals surface area contributed by atoms with Gasteiger partial charge >= 0.3 is 0 Å². The Hall–Kier alpha value is -1.26. The first-order valence-corrected chi connectivity index (χ1v) is 7.74. The van der Waals surface area contributed by atoms with E-state index < -0.39 is 0 Å². The van der Waals surface area contributed by atoms with E-state index in [4.69, 9.17) is 11.5 Å². The standard InChI is InChI=1S/C15H30N4O/c1-5-11(6-2)14(18-10(4)20)12-7-9(3)8-13(12)19-15(16)17/h9,11-14H,5-8H2,1-4H3,(H,18,20)(H4,16,17,19)/t9-,12-,13-,14?/m1/s1. The summed E-state index contributed by atoms with van der Waals surface area (Å²) in [5.41, 5.74) is 11.1. The van der Waals surface area contributed by atoms with Crippen LogP contribution < -0.4 is 16.8 Å². The lowest BCUT2D eigenvalue weighted by Crippen LogP contribution is -2.47. The van der Waals surface area contributed by atoms with E-state index in [0.717, 1.165) is 25.7 Å². The molecule has 0 heterocycles. The molecule has 0 aromatic rings. The minimum absolute atomic E-state index is 0.0323. The van der Waals surface area contributed by atoms with Crippen molar-refractivity contribution in [1.82, 2.24) is 5.32 Å². The van der Waals surface area contributed by atoms with Crippen molar-refractivity contribution in [3.8, 4) is 0 Å². The Morgan fingerprint density at radius 3 is 2.35 bits per heavy atom. The first-order valence-electron chi connectivity index (χ1n) is 7.74. The molecule has 5 N–H and O–H groups in total. The summed E-state index contributed by atoms with van der Waals surface area (Å²) < 4.78 is 0. The van der Waals surface area contributed by atoms with Gasteiger partial charge in [0.15, 0.2) is 5.96 Å². The molecule has 0 aliphatic heterocycles. The van der Waals surface area contributed by atoms with Crippen molar-refractivity contribution < 1.29 is 4.79 Å². The van der Waals surface area contributed by atoms with Crippen molar-refractivity contribution in [2.75, 3.05) is 0 Å². The summed E-state index contributed by atoms with van der Waals surface area (Å²) >= 11 is 0. The highest BCUT2D eigenvalue weighted by Crippen LogP contribution is 2.38. The molecule has 4 atom stereocenters. The largest absolute Gasteiger partial charge is 0.370 e. The van der Waals surface area contributed by atoms with Crippen molar-refractivity contribution in [1.29, 1.82) is 0 Å². The number of rotatable bonds is 6. The van der Waals surface area contributed by atoms with Gasteiger partial charge < -0.3 is 16.8 Å². The van der Waals surface area contributed by atoms with Crippen LogP contribution in [0.15, 0.2) is 4.99 Å². The minimum atomic E-state index is 0.0323. The molecule has 20 heavy (non-hydrogen) atoms. The van der Waals surface area contributed by atoms with E-state index in [1.54, 1.807) is 6.92 Å². The minimum Gasteiger partial charge on any atom is -0.370 e. The Labute approximate surface area is 122 Å². The molecule has 0 saturated heterocycles. The Morgan fingerprint density at radius 1 is 1.30 bits per heavy atom. The van der Waals surface area contributed by atoms with Gasteiger partial charge in [-0.25, -0.2) is 4.99 Å². The zero-order valence-corrected chi connectivity index (χ0v) is 13.2. The van der Waals surface area contributed by atoms with Crippen LogP contribution in [0.2, 0.25) is 0 Å². The van der Waals surface area contributed by atoms with Gasteiger partial charge in [-0.05, 0) is 24.7 Å². The van der Waals surface area contributed by atoms with Crippen molar-refractivity contribution >= 4 is 11.9 Å². The van der Waals surface area contributed by atoms with Gasteiger partial charge in [-0.1, -0.05) is 33.6 Å². The fraction of sp³-hybridized carbons (Fsp3) is 0.867. The molecule has 5 nitrogen and oxygen atoms in total. The van der Waals surface area contributed by atoms with E-state index >= 15 is 0 Å². The van der Waals surface area contributed by atoms with Crippen molar-refractivity contribution in [2.45, 2.75) is 65.5 Å². The Kier molecular flexibility index (Phi) is 6.30. The highest BCUT2D eigenvalue weighted by molar-refractivity contribution is 5.76. The smallest absolute Gasteiger partial charge is 0.217 e. The average Bonchev–Trinajstić information content (AvgIpc) is 2.68. The molecule has 116 valence electrons. The molecule has 1 rings (SSSR count). The zero-order valence-electron chi connectivity index (χ0n) is 13.2. The molecule has 0 bridgehead atoms. The van der Waals surface area contributed by atoms with Crippen LogP contribution in [-0.4, -0.2) is 24.0 Å². The molecule has 1 unspecified atom stereocenters. The maximum Gasteiger partial charge on any atom is 0.217 e. The molecule has 1 fully saturated rings. The van der Waals surface area contributed by atoms with Crippen LogP contribution >= 0.6 is 0 Å². The topological polar surface area (TPSA) is 93.5 Å². The number of nitrogens with zero attached hydrogens (tertiary/aromatic N) is 1. The van der Waals surface area contributed by atoms with Crippen LogP contribution in [0.1, 0.15) is 53.4 Å². The second-order valence-electron chi connectivity index (χ2n) is 6.16. The van der Waals surface area contributed by atoms with E-state index in [0.29, 0.717) is 17.8 Å². The number of amides is 1. The third kappa shape index (κ3) is 4.39. The van der Waals surface area contributed by atoms with Crippen LogP contribution in [0, 0.1) is 17.8 Å². The first kappa shape index (κ1) is 16.8. The van der Waals surface area contributed by atoms with Crippen molar-refractivity contribution in [3.63, 3.8) is 0 Å². The van der Waals surface area contributed by atoms with Gasteiger partial charge in [-0.3, -0.25) is 4.79 Å². The van der Waals surface area contributed by atoms with Crippen LogP contribution in [0.4, 0.5) is 0 Å². The summed E-state index contributed by atoms with van der Waals surface area (Å²) in [5, 5.41) is 3.16. The van der Waals surface area contributed by atoms with Crippen LogP contribution in [0.25, 0.3) is 0 Å². The molecule has 0 spiro atoms. The molecule has 1 saturated carbocycles. The molecule has 0 radical (unpaired) electrons. The second kappa shape index (κ2) is 7.50. The fourth-order valence-electron chi connectivity index (χ4n) is 3.64. The Morgan fingerprint density at radius 2 is 1.90 bits per heavy atom.